The average molecular weight is 309 g/mol. The highest BCUT2D eigenvalue weighted by Crippen LogP contribution is 2.14. The van der Waals surface area contributed by atoms with Gasteiger partial charge in [0.2, 0.25) is 0 Å². The fourth-order valence-corrected chi connectivity index (χ4v) is 2.44. The van der Waals surface area contributed by atoms with E-state index in [1.807, 2.05) is 50.4 Å². The molecule has 0 bridgehead atoms. The van der Waals surface area contributed by atoms with E-state index in [0.717, 1.165) is 28.8 Å². The summed E-state index contributed by atoms with van der Waals surface area (Å²) in [5.74, 6) is 0.830. The van der Waals surface area contributed by atoms with Gasteiger partial charge in [-0.15, -0.1) is 0 Å². The maximum atomic E-state index is 6.01. The fraction of sp³-hybridized carbons (Fsp3) is 0.429. The molecule has 0 saturated carbocycles. The molecule has 0 amide bonds. The van der Waals surface area contributed by atoms with E-state index < -0.39 is 0 Å². The smallest absolute Gasteiger partial charge is 0.194 e. The van der Waals surface area contributed by atoms with Crippen LogP contribution in [0.15, 0.2) is 29.6 Å². The van der Waals surface area contributed by atoms with Crippen LogP contribution in [0.5, 0.6) is 0 Å². The molecule has 2 aromatic rings. The molecular weight excluding hydrogens is 288 g/mol. The molecule has 0 spiro atoms. The molecule has 2 rings (SSSR count). The van der Waals surface area contributed by atoms with E-state index in [1.165, 1.54) is 0 Å². The van der Waals surface area contributed by atoms with Gasteiger partial charge in [-0.1, -0.05) is 11.6 Å². The Balaban J connectivity index is 1.95. The number of nitrogens with one attached hydrogen (secondary N) is 1. The van der Waals surface area contributed by atoms with Crippen LogP contribution in [0, 0.1) is 0 Å². The van der Waals surface area contributed by atoms with Gasteiger partial charge >= 0.3 is 0 Å². The topological polar surface area (TPSA) is 50.4 Å². The highest BCUT2D eigenvalue weighted by molar-refractivity contribution is 6.30. The van der Waals surface area contributed by atoms with E-state index in [4.69, 9.17) is 11.6 Å². The highest BCUT2D eigenvalue weighted by Gasteiger charge is 2.10. The molecule has 1 N–H and O–H groups in total. The number of aliphatic imine (C=N–C) groups is 1. The molecular formula is C14H21ClN6. The Labute approximate surface area is 130 Å². The van der Waals surface area contributed by atoms with Crippen LogP contribution in [0.2, 0.25) is 5.02 Å². The molecule has 2 heterocycles. The molecule has 0 atom stereocenters. The summed E-state index contributed by atoms with van der Waals surface area (Å²) in [5.41, 5.74) is 2.25. The van der Waals surface area contributed by atoms with Crippen LogP contribution in [0.4, 0.5) is 0 Å². The van der Waals surface area contributed by atoms with Gasteiger partial charge in [-0.3, -0.25) is 9.67 Å². The van der Waals surface area contributed by atoms with Crippen molar-refractivity contribution in [2.45, 2.75) is 13.1 Å². The number of hydrogen-bond acceptors (Lipinski definition) is 2. The summed E-state index contributed by atoms with van der Waals surface area (Å²) in [6.45, 7) is 1.43. The van der Waals surface area contributed by atoms with Gasteiger partial charge in [-0.05, 0) is 6.07 Å². The Morgan fingerprint density at radius 3 is 2.71 bits per heavy atom. The van der Waals surface area contributed by atoms with Crippen LogP contribution in [0.25, 0.3) is 0 Å². The third-order valence-electron chi connectivity index (χ3n) is 3.26. The first-order valence-corrected chi connectivity index (χ1v) is 7.07. The van der Waals surface area contributed by atoms with E-state index in [2.05, 4.69) is 20.3 Å². The molecule has 114 valence electrons. The normalized spacial score (nSPS) is 11.8. The highest BCUT2D eigenvalue weighted by atomic mass is 35.5. The second kappa shape index (κ2) is 6.67. The van der Waals surface area contributed by atoms with E-state index in [0.29, 0.717) is 6.54 Å². The summed E-state index contributed by atoms with van der Waals surface area (Å²) < 4.78 is 3.81. The van der Waals surface area contributed by atoms with Gasteiger partial charge in [0, 0.05) is 58.4 Å². The number of nitrogens with zero attached hydrogens (tertiary/aromatic N) is 5. The zero-order valence-electron chi connectivity index (χ0n) is 12.8. The van der Waals surface area contributed by atoms with Gasteiger partial charge in [0.1, 0.15) is 0 Å². The molecule has 6 nitrogen and oxygen atoms in total. The number of aromatic nitrogens is 3. The van der Waals surface area contributed by atoms with Crippen molar-refractivity contribution in [3.8, 4) is 0 Å². The lowest BCUT2D eigenvalue weighted by Crippen LogP contribution is -2.38. The van der Waals surface area contributed by atoms with Crippen molar-refractivity contribution < 1.29 is 0 Å². The van der Waals surface area contributed by atoms with E-state index >= 15 is 0 Å². The second-order valence-electron chi connectivity index (χ2n) is 5.04. The average Bonchev–Trinajstić information content (AvgIpc) is 2.96. The van der Waals surface area contributed by atoms with Crippen molar-refractivity contribution in [2.75, 3.05) is 14.1 Å². The number of rotatable bonds is 4. The number of aryl methyl sites for hydroxylation is 2. The molecule has 7 heteroatoms. The van der Waals surface area contributed by atoms with E-state index in [9.17, 15) is 0 Å². The third-order valence-corrected chi connectivity index (χ3v) is 3.46. The lowest BCUT2D eigenvalue weighted by atomic mass is 10.3. The third kappa shape index (κ3) is 4.01. The first-order valence-electron chi connectivity index (χ1n) is 6.69. The Bertz CT molecular complexity index is 627. The molecule has 0 aliphatic carbocycles. The summed E-state index contributed by atoms with van der Waals surface area (Å²) in [7, 11) is 7.67. The van der Waals surface area contributed by atoms with Gasteiger partial charge in [0.25, 0.3) is 0 Å². The second-order valence-corrected chi connectivity index (χ2v) is 5.48. The minimum Gasteiger partial charge on any atom is -0.352 e. The Kier molecular flexibility index (Phi) is 4.90. The van der Waals surface area contributed by atoms with Crippen molar-refractivity contribution in [2.24, 2.45) is 19.1 Å². The quantitative estimate of drug-likeness (QED) is 0.690. The van der Waals surface area contributed by atoms with Crippen LogP contribution in [0.1, 0.15) is 11.3 Å². The van der Waals surface area contributed by atoms with Gasteiger partial charge in [0.05, 0.1) is 17.8 Å². The van der Waals surface area contributed by atoms with E-state index in [-0.39, 0.29) is 0 Å². The van der Waals surface area contributed by atoms with Crippen LogP contribution >= 0.6 is 11.6 Å². The minimum atomic E-state index is 0.693. The zero-order chi connectivity index (χ0) is 15.4. The first kappa shape index (κ1) is 15.4. The predicted molar refractivity (Wildman–Crippen MR) is 85.3 cm³/mol. The van der Waals surface area contributed by atoms with Crippen molar-refractivity contribution in [3.63, 3.8) is 0 Å². The van der Waals surface area contributed by atoms with Crippen LogP contribution < -0.4 is 5.32 Å². The fourth-order valence-electron chi connectivity index (χ4n) is 2.17. The molecule has 0 aromatic carbocycles. The zero-order valence-corrected chi connectivity index (χ0v) is 13.6. The van der Waals surface area contributed by atoms with Gasteiger partial charge in [0.15, 0.2) is 5.96 Å². The summed E-state index contributed by atoms with van der Waals surface area (Å²) in [4.78, 5) is 6.36. The molecule has 2 aromatic heterocycles. The SMILES string of the molecule is CN=C(NCc1cnn(C)c1)N(C)Cc1cc(Cl)cn1C. The lowest BCUT2D eigenvalue weighted by molar-refractivity contribution is 0.461. The monoisotopic (exact) mass is 308 g/mol. The largest absolute Gasteiger partial charge is 0.352 e. The standard InChI is InChI=1S/C14H21ClN6/c1-16-14(17-6-11-7-18-21(4)8-11)20(3)10-13-5-12(15)9-19(13)2/h5,7-9H,6,10H2,1-4H3,(H,16,17). The molecule has 0 unspecified atom stereocenters. The molecule has 0 aliphatic heterocycles. The molecule has 0 fully saturated rings. The van der Waals surface area contributed by atoms with Crippen LogP contribution in [0.3, 0.4) is 0 Å². The van der Waals surface area contributed by atoms with Gasteiger partial charge < -0.3 is 14.8 Å². The van der Waals surface area contributed by atoms with Crippen molar-refractivity contribution >= 4 is 17.6 Å². The van der Waals surface area contributed by atoms with Crippen LogP contribution in [-0.2, 0) is 27.2 Å². The number of halogens is 1. The summed E-state index contributed by atoms with van der Waals surface area (Å²) >= 11 is 6.01. The van der Waals surface area contributed by atoms with E-state index in [1.54, 1.807) is 11.7 Å². The lowest BCUT2D eigenvalue weighted by Gasteiger charge is -2.22. The van der Waals surface area contributed by atoms with Gasteiger partial charge in [-0.25, -0.2) is 0 Å². The minimum absolute atomic E-state index is 0.693. The first-order chi connectivity index (χ1) is 9.99. The molecule has 0 radical (unpaired) electrons. The molecule has 0 aliphatic rings. The summed E-state index contributed by atoms with van der Waals surface area (Å²) in [6, 6.07) is 1.96. The van der Waals surface area contributed by atoms with Crippen molar-refractivity contribution in [1.82, 2.24) is 24.6 Å². The van der Waals surface area contributed by atoms with Crippen LogP contribution in [-0.4, -0.2) is 39.3 Å². The van der Waals surface area contributed by atoms with Crippen molar-refractivity contribution in [3.05, 3.63) is 40.9 Å². The predicted octanol–water partition coefficient (Wildman–Crippen LogP) is 1.62. The summed E-state index contributed by atoms with van der Waals surface area (Å²) in [6.07, 6.45) is 5.73. The Hall–Kier alpha value is -1.95. The number of guanidine groups is 1. The maximum Gasteiger partial charge on any atom is 0.194 e. The Morgan fingerprint density at radius 1 is 1.43 bits per heavy atom. The van der Waals surface area contributed by atoms with Gasteiger partial charge in [-0.2, -0.15) is 5.10 Å². The Morgan fingerprint density at radius 2 is 2.19 bits per heavy atom. The molecule has 0 saturated heterocycles. The van der Waals surface area contributed by atoms with Crippen molar-refractivity contribution in [1.29, 1.82) is 0 Å². The number of hydrogen-bond donors (Lipinski definition) is 1. The maximum absolute atomic E-state index is 6.01. The summed E-state index contributed by atoms with van der Waals surface area (Å²) in [5, 5.41) is 8.23. The molecule has 21 heavy (non-hydrogen) atoms.